The van der Waals surface area contributed by atoms with Gasteiger partial charge in [0.2, 0.25) is 5.92 Å². The second kappa shape index (κ2) is 3.39. The maximum absolute atomic E-state index is 13.1. The number of hydrogen-bond donors (Lipinski definition) is 1. The molecule has 0 aromatic heterocycles. The third-order valence-electron chi connectivity index (χ3n) is 4.46. The lowest BCUT2D eigenvalue weighted by Crippen LogP contribution is -2.60. The molecule has 0 amide bonds. The normalized spacial score (nSPS) is 32.0. The highest BCUT2D eigenvalue weighted by Crippen LogP contribution is 2.63. The standard InChI is InChI=1S/C11H19F2NO/c1-9(2-4-15-5-3-9)10(8-14)6-11(12,13)7-10/h2-8,14H2,1H3. The van der Waals surface area contributed by atoms with Gasteiger partial charge in [0, 0.05) is 26.1 Å². The lowest BCUT2D eigenvalue weighted by Gasteiger charge is -2.58. The fraction of sp³-hybridized carbons (Fsp3) is 1.00. The molecule has 15 heavy (non-hydrogen) atoms. The van der Waals surface area contributed by atoms with Crippen LogP contribution in [0.1, 0.15) is 32.6 Å². The molecule has 0 bridgehead atoms. The van der Waals surface area contributed by atoms with Crippen LogP contribution in [0.3, 0.4) is 0 Å². The van der Waals surface area contributed by atoms with Gasteiger partial charge in [0.05, 0.1) is 0 Å². The third kappa shape index (κ3) is 1.68. The van der Waals surface area contributed by atoms with Crippen LogP contribution in [-0.4, -0.2) is 25.7 Å². The Morgan fingerprint density at radius 2 is 1.73 bits per heavy atom. The molecule has 0 radical (unpaired) electrons. The van der Waals surface area contributed by atoms with Gasteiger partial charge in [-0.3, -0.25) is 0 Å². The van der Waals surface area contributed by atoms with Gasteiger partial charge in [-0.1, -0.05) is 6.92 Å². The summed E-state index contributed by atoms with van der Waals surface area (Å²) < 4.78 is 31.4. The summed E-state index contributed by atoms with van der Waals surface area (Å²) >= 11 is 0. The molecule has 1 saturated heterocycles. The first-order chi connectivity index (χ1) is 6.93. The maximum Gasteiger partial charge on any atom is 0.249 e. The molecule has 2 aliphatic rings. The summed E-state index contributed by atoms with van der Waals surface area (Å²) in [6, 6.07) is 0. The van der Waals surface area contributed by atoms with Gasteiger partial charge in [0.1, 0.15) is 0 Å². The van der Waals surface area contributed by atoms with Gasteiger partial charge in [-0.15, -0.1) is 0 Å². The molecule has 4 heteroatoms. The number of ether oxygens (including phenoxy) is 1. The van der Waals surface area contributed by atoms with E-state index in [1.165, 1.54) is 0 Å². The Bertz CT molecular complexity index is 241. The average molecular weight is 219 g/mol. The molecular formula is C11H19F2NO. The van der Waals surface area contributed by atoms with E-state index in [1.54, 1.807) is 0 Å². The molecule has 0 atom stereocenters. The minimum absolute atomic E-state index is 0.0347. The lowest BCUT2D eigenvalue weighted by atomic mass is 9.50. The Labute approximate surface area is 89.2 Å². The van der Waals surface area contributed by atoms with Crippen molar-refractivity contribution >= 4 is 0 Å². The maximum atomic E-state index is 13.1. The molecule has 88 valence electrons. The summed E-state index contributed by atoms with van der Waals surface area (Å²) in [6.07, 6.45) is 1.65. The van der Waals surface area contributed by atoms with Gasteiger partial charge in [0.15, 0.2) is 0 Å². The zero-order chi connectivity index (χ0) is 11.2. The van der Waals surface area contributed by atoms with E-state index in [0.29, 0.717) is 19.8 Å². The first-order valence-corrected chi connectivity index (χ1v) is 5.59. The minimum atomic E-state index is -2.49. The van der Waals surface area contributed by atoms with Crippen molar-refractivity contribution in [1.82, 2.24) is 0 Å². The third-order valence-corrected chi connectivity index (χ3v) is 4.46. The average Bonchev–Trinajstić information content (AvgIpc) is 2.14. The second-order valence-corrected chi connectivity index (χ2v) is 5.37. The Hall–Kier alpha value is -0.220. The monoisotopic (exact) mass is 219 g/mol. The topological polar surface area (TPSA) is 35.2 Å². The summed E-state index contributed by atoms with van der Waals surface area (Å²) in [5.74, 6) is -2.49. The molecule has 1 aliphatic carbocycles. The molecule has 2 nitrogen and oxygen atoms in total. The predicted molar refractivity (Wildman–Crippen MR) is 53.8 cm³/mol. The molecule has 0 spiro atoms. The second-order valence-electron chi connectivity index (χ2n) is 5.37. The summed E-state index contributed by atoms with van der Waals surface area (Å²) in [5.41, 5.74) is 5.33. The summed E-state index contributed by atoms with van der Waals surface area (Å²) in [4.78, 5) is 0. The largest absolute Gasteiger partial charge is 0.381 e. The predicted octanol–water partition coefficient (Wildman–Crippen LogP) is 2.18. The molecule has 1 saturated carbocycles. The summed E-state index contributed by atoms with van der Waals surface area (Å²) in [6.45, 7) is 3.84. The van der Waals surface area contributed by atoms with E-state index in [2.05, 4.69) is 6.92 Å². The smallest absolute Gasteiger partial charge is 0.249 e. The Morgan fingerprint density at radius 3 is 2.13 bits per heavy atom. The van der Waals surface area contributed by atoms with Gasteiger partial charge in [-0.25, -0.2) is 8.78 Å². The molecular weight excluding hydrogens is 200 g/mol. The summed E-state index contributed by atoms with van der Waals surface area (Å²) in [7, 11) is 0. The van der Waals surface area contributed by atoms with Crippen molar-refractivity contribution in [3.63, 3.8) is 0 Å². The molecule has 2 fully saturated rings. The van der Waals surface area contributed by atoms with Gasteiger partial charge >= 0.3 is 0 Å². The highest BCUT2D eigenvalue weighted by Gasteiger charge is 2.63. The fourth-order valence-corrected chi connectivity index (χ4v) is 3.11. The van der Waals surface area contributed by atoms with Crippen molar-refractivity contribution in [2.75, 3.05) is 19.8 Å². The summed E-state index contributed by atoms with van der Waals surface area (Å²) in [5, 5.41) is 0. The van der Waals surface area contributed by atoms with Crippen LogP contribution < -0.4 is 5.73 Å². The van der Waals surface area contributed by atoms with E-state index >= 15 is 0 Å². The van der Waals surface area contributed by atoms with E-state index < -0.39 is 5.92 Å². The van der Waals surface area contributed by atoms with Crippen molar-refractivity contribution < 1.29 is 13.5 Å². The number of nitrogens with two attached hydrogens (primary N) is 1. The lowest BCUT2D eigenvalue weighted by molar-refractivity contribution is -0.218. The van der Waals surface area contributed by atoms with Crippen LogP contribution in [0.5, 0.6) is 0 Å². The van der Waals surface area contributed by atoms with Crippen LogP contribution in [0.2, 0.25) is 0 Å². The van der Waals surface area contributed by atoms with E-state index in [0.717, 1.165) is 12.8 Å². The number of hydrogen-bond acceptors (Lipinski definition) is 2. The molecule has 1 aliphatic heterocycles. The molecule has 1 heterocycles. The minimum Gasteiger partial charge on any atom is -0.381 e. The molecule has 0 aromatic carbocycles. The van der Waals surface area contributed by atoms with Crippen molar-refractivity contribution in [3.8, 4) is 0 Å². The fourth-order valence-electron chi connectivity index (χ4n) is 3.11. The number of halogens is 2. The zero-order valence-corrected chi connectivity index (χ0v) is 9.19. The Morgan fingerprint density at radius 1 is 1.20 bits per heavy atom. The molecule has 0 unspecified atom stereocenters. The first-order valence-electron chi connectivity index (χ1n) is 5.59. The SMILES string of the molecule is CC1(C2(CN)CC(F)(F)C2)CCOCC1. The highest BCUT2D eigenvalue weighted by atomic mass is 19.3. The Kier molecular flexibility index (Phi) is 2.54. The zero-order valence-electron chi connectivity index (χ0n) is 9.19. The van der Waals surface area contributed by atoms with Crippen LogP contribution in [0.15, 0.2) is 0 Å². The van der Waals surface area contributed by atoms with Crippen molar-refractivity contribution in [3.05, 3.63) is 0 Å². The first kappa shape index (κ1) is 11.3. The molecule has 2 rings (SSSR count). The van der Waals surface area contributed by atoms with Gasteiger partial charge in [-0.05, 0) is 30.2 Å². The van der Waals surface area contributed by atoms with E-state index in [4.69, 9.17) is 10.5 Å². The van der Waals surface area contributed by atoms with Crippen LogP contribution in [-0.2, 0) is 4.74 Å². The number of rotatable bonds is 2. The molecule has 0 aromatic rings. The van der Waals surface area contributed by atoms with E-state index in [9.17, 15) is 8.78 Å². The number of alkyl halides is 2. The highest BCUT2D eigenvalue weighted by molar-refractivity contribution is 5.08. The quantitative estimate of drug-likeness (QED) is 0.772. The van der Waals surface area contributed by atoms with E-state index in [1.807, 2.05) is 0 Å². The van der Waals surface area contributed by atoms with Crippen LogP contribution in [0.25, 0.3) is 0 Å². The van der Waals surface area contributed by atoms with Crippen LogP contribution in [0.4, 0.5) is 8.78 Å². The van der Waals surface area contributed by atoms with Crippen LogP contribution in [0, 0.1) is 10.8 Å². The van der Waals surface area contributed by atoms with E-state index in [-0.39, 0.29) is 23.7 Å². The van der Waals surface area contributed by atoms with Gasteiger partial charge < -0.3 is 10.5 Å². The van der Waals surface area contributed by atoms with Gasteiger partial charge in [0.25, 0.3) is 0 Å². The van der Waals surface area contributed by atoms with Crippen molar-refractivity contribution in [1.29, 1.82) is 0 Å². The van der Waals surface area contributed by atoms with Crippen LogP contribution >= 0.6 is 0 Å². The van der Waals surface area contributed by atoms with Gasteiger partial charge in [-0.2, -0.15) is 0 Å². The van der Waals surface area contributed by atoms with Crippen molar-refractivity contribution in [2.24, 2.45) is 16.6 Å². The van der Waals surface area contributed by atoms with Crippen molar-refractivity contribution in [2.45, 2.75) is 38.5 Å². The Balaban J connectivity index is 2.13. The molecule has 2 N–H and O–H groups in total.